The Morgan fingerprint density at radius 2 is 2.13 bits per heavy atom. The summed E-state index contributed by atoms with van der Waals surface area (Å²) in [6.45, 7) is 5.62. The second-order valence-corrected chi connectivity index (χ2v) is 7.89. The molecule has 23 heavy (non-hydrogen) atoms. The topological polar surface area (TPSA) is 101 Å². The summed E-state index contributed by atoms with van der Waals surface area (Å²) >= 11 is 0. The minimum absolute atomic E-state index is 0. The summed E-state index contributed by atoms with van der Waals surface area (Å²) in [5.41, 5.74) is 0.114. The molecular weight excluding hydrogens is 342 g/mol. The Bertz CT molecular complexity index is 673. The van der Waals surface area contributed by atoms with Gasteiger partial charge >= 0.3 is 0 Å². The lowest BCUT2D eigenvalue weighted by Gasteiger charge is -2.34. The maximum atomic E-state index is 12.3. The van der Waals surface area contributed by atoms with Crippen molar-refractivity contribution in [2.45, 2.75) is 31.6 Å². The highest BCUT2D eigenvalue weighted by atomic mass is 35.5. The minimum atomic E-state index is -3.75. The molecule has 0 amide bonds. The highest BCUT2D eigenvalue weighted by Crippen LogP contribution is 2.26. The number of sulfonamides is 1. The van der Waals surface area contributed by atoms with Crippen LogP contribution in [0, 0.1) is 22.5 Å². The van der Waals surface area contributed by atoms with Crippen LogP contribution in [-0.2, 0) is 10.0 Å². The summed E-state index contributed by atoms with van der Waals surface area (Å²) in [7, 11) is -3.75. The molecule has 9 heteroatoms. The lowest BCUT2D eigenvalue weighted by Crippen LogP contribution is -2.45. The minimum Gasteiger partial charge on any atom is -0.316 e. The Morgan fingerprint density at radius 3 is 2.70 bits per heavy atom. The van der Waals surface area contributed by atoms with Crippen LogP contribution < -0.4 is 10.0 Å². The lowest BCUT2D eigenvalue weighted by atomic mass is 9.83. The zero-order chi connectivity index (χ0) is 16.4. The van der Waals surface area contributed by atoms with E-state index in [1.54, 1.807) is 6.92 Å². The first-order valence-corrected chi connectivity index (χ1v) is 8.67. The van der Waals surface area contributed by atoms with E-state index in [-0.39, 0.29) is 28.4 Å². The van der Waals surface area contributed by atoms with Crippen LogP contribution in [0.5, 0.6) is 0 Å². The highest BCUT2D eigenvalue weighted by molar-refractivity contribution is 7.89. The van der Waals surface area contributed by atoms with E-state index in [0.29, 0.717) is 12.1 Å². The number of aryl methyl sites for hydroxylation is 1. The molecule has 1 atom stereocenters. The van der Waals surface area contributed by atoms with Gasteiger partial charge in [-0.2, -0.15) is 0 Å². The number of nitrogens with zero attached hydrogens (tertiary/aromatic N) is 1. The molecule has 130 valence electrons. The van der Waals surface area contributed by atoms with Gasteiger partial charge in [0.25, 0.3) is 5.69 Å². The lowest BCUT2D eigenvalue weighted by molar-refractivity contribution is -0.385. The fourth-order valence-corrected chi connectivity index (χ4v) is 3.79. The van der Waals surface area contributed by atoms with Gasteiger partial charge in [-0.1, -0.05) is 13.0 Å². The van der Waals surface area contributed by atoms with Crippen molar-refractivity contribution < 1.29 is 13.3 Å². The van der Waals surface area contributed by atoms with Gasteiger partial charge in [-0.15, -0.1) is 12.4 Å². The molecule has 1 saturated heterocycles. The summed E-state index contributed by atoms with van der Waals surface area (Å²) < 4.78 is 27.3. The van der Waals surface area contributed by atoms with E-state index < -0.39 is 14.9 Å². The van der Waals surface area contributed by atoms with Crippen molar-refractivity contribution in [2.75, 3.05) is 19.6 Å². The molecule has 1 fully saturated rings. The van der Waals surface area contributed by atoms with E-state index in [4.69, 9.17) is 0 Å². The monoisotopic (exact) mass is 363 g/mol. The quantitative estimate of drug-likeness (QED) is 0.615. The summed E-state index contributed by atoms with van der Waals surface area (Å²) in [6, 6.07) is 3.96. The number of benzene rings is 1. The number of hydrogen-bond acceptors (Lipinski definition) is 5. The van der Waals surface area contributed by atoms with Gasteiger partial charge in [-0.3, -0.25) is 10.1 Å². The van der Waals surface area contributed by atoms with Crippen molar-refractivity contribution in [2.24, 2.45) is 5.41 Å². The first-order valence-electron chi connectivity index (χ1n) is 7.19. The van der Waals surface area contributed by atoms with Crippen molar-refractivity contribution in [1.29, 1.82) is 0 Å². The van der Waals surface area contributed by atoms with Gasteiger partial charge in [-0.05, 0) is 37.8 Å². The molecule has 0 radical (unpaired) electrons. The average Bonchev–Trinajstić information content (AvgIpc) is 2.46. The number of hydrogen-bond donors (Lipinski definition) is 2. The van der Waals surface area contributed by atoms with Crippen molar-refractivity contribution in [3.05, 3.63) is 33.9 Å². The summed E-state index contributed by atoms with van der Waals surface area (Å²) in [5.74, 6) is 0. The van der Waals surface area contributed by atoms with Crippen LogP contribution in [0.2, 0.25) is 0 Å². The maximum Gasteiger partial charge on any atom is 0.273 e. The number of halogens is 1. The molecule has 1 unspecified atom stereocenters. The first kappa shape index (κ1) is 19.8. The molecule has 0 aliphatic carbocycles. The smallest absolute Gasteiger partial charge is 0.273 e. The van der Waals surface area contributed by atoms with E-state index in [9.17, 15) is 18.5 Å². The zero-order valence-corrected chi connectivity index (χ0v) is 14.8. The largest absolute Gasteiger partial charge is 0.316 e. The van der Waals surface area contributed by atoms with Crippen molar-refractivity contribution in [3.63, 3.8) is 0 Å². The molecular formula is C14H22ClN3O4S. The Kier molecular flexibility index (Phi) is 6.52. The molecule has 7 nitrogen and oxygen atoms in total. The van der Waals surface area contributed by atoms with E-state index in [2.05, 4.69) is 10.0 Å². The first-order chi connectivity index (χ1) is 10.2. The van der Waals surface area contributed by atoms with Crippen LogP contribution >= 0.6 is 12.4 Å². The van der Waals surface area contributed by atoms with E-state index >= 15 is 0 Å². The summed E-state index contributed by atoms with van der Waals surface area (Å²) in [6.07, 6.45) is 1.95. The van der Waals surface area contributed by atoms with Gasteiger partial charge in [0, 0.05) is 24.7 Å². The molecule has 1 aliphatic heterocycles. The number of nitro benzene ring substituents is 1. The second-order valence-electron chi connectivity index (χ2n) is 6.12. The fraction of sp³-hybridized carbons (Fsp3) is 0.571. The van der Waals surface area contributed by atoms with Crippen LogP contribution in [0.25, 0.3) is 0 Å². The van der Waals surface area contributed by atoms with Gasteiger partial charge in [0.05, 0.1) is 9.82 Å². The summed E-state index contributed by atoms with van der Waals surface area (Å²) in [5, 5.41) is 14.2. The molecule has 2 N–H and O–H groups in total. The number of piperidine rings is 1. The van der Waals surface area contributed by atoms with E-state index in [1.807, 2.05) is 6.92 Å². The molecule has 2 rings (SSSR count). The Balaban J connectivity index is 0.00000264. The third kappa shape index (κ3) is 4.87. The Labute approximate surface area is 142 Å². The van der Waals surface area contributed by atoms with Gasteiger partial charge in [0.1, 0.15) is 0 Å². The predicted molar refractivity (Wildman–Crippen MR) is 90.5 cm³/mol. The Morgan fingerprint density at radius 1 is 1.43 bits per heavy atom. The molecule has 0 bridgehead atoms. The number of nitrogens with one attached hydrogen (secondary N) is 2. The molecule has 0 spiro atoms. The van der Waals surface area contributed by atoms with Gasteiger partial charge in [-0.25, -0.2) is 13.1 Å². The second kappa shape index (κ2) is 7.57. The molecule has 1 aromatic carbocycles. The average molecular weight is 364 g/mol. The molecule has 1 heterocycles. The Hall–Kier alpha value is -1.22. The van der Waals surface area contributed by atoms with Crippen molar-refractivity contribution in [1.82, 2.24) is 10.0 Å². The molecule has 1 aliphatic rings. The SMILES string of the molecule is Cc1ccc(S(=O)(=O)NCC2(C)CCCNC2)cc1[N+](=O)[O-].Cl. The number of rotatable bonds is 5. The molecule has 0 aromatic heterocycles. The predicted octanol–water partition coefficient (Wildman–Crippen LogP) is 1.99. The third-order valence-corrected chi connectivity index (χ3v) is 5.46. The van der Waals surface area contributed by atoms with Crippen LogP contribution in [-0.4, -0.2) is 33.0 Å². The van der Waals surface area contributed by atoms with Gasteiger partial charge in [0.2, 0.25) is 10.0 Å². The standard InChI is InChI=1S/C14H21N3O4S.ClH/c1-11-4-5-12(8-13(11)17(18)19)22(20,21)16-10-14(2)6-3-7-15-9-14;/h4-5,8,15-16H,3,6-7,9-10H2,1-2H3;1H. The van der Waals surface area contributed by atoms with E-state index in [0.717, 1.165) is 32.0 Å². The van der Waals surface area contributed by atoms with Gasteiger partial charge < -0.3 is 5.32 Å². The van der Waals surface area contributed by atoms with Crippen LogP contribution in [0.1, 0.15) is 25.3 Å². The highest BCUT2D eigenvalue weighted by Gasteiger charge is 2.29. The van der Waals surface area contributed by atoms with Crippen molar-refractivity contribution >= 4 is 28.1 Å². The molecule has 0 saturated carbocycles. The van der Waals surface area contributed by atoms with E-state index in [1.165, 1.54) is 12.1 Å². The van der Waals surface area contributed by atoms with Crippen LogP contribution in [0.15, 0.2) is 23.1 Å². The maximum absolute atomic E-state index is 12.3. The molecule has 1 aromatic rings. The van der Waals surface area contributed by atoms with Crippen LogP contribution in [0.4, 0.5) is 5.69 Å². The van der Waals surface area contributed by atoms with Crippen molar-refractivity contribution in [3.8, 4) is 0 Å². The van der Waals surface area contributed by atoms with Gasteiger partial charge in [0.15, 0.2) is 0 Å². The summed E-state index contributed by atoms with van der Waals surface area (Å²) in [4.78, 5) is 10.3. The van der Waals surface area contributed by atoms with Crippen LogP contribution in [0.3, 0.4) is 0 Å². The normalized spacial score (nSPS) is 21.5. The zero-order valence-electron chi connectivity index (χ0n) is 13.2. The number of nitro groups is 1. The fourth-order valence-electron chi connectivity index (χ4n) is 2.58. The third-order valence-electron chi connectivity index (χ3n) is 4.06.